The van der Waals surface area contributed by atoms with Crippen LogP contribution in [0.4, 0.5) is 0 Å². The quantitative estimate of drug-likeness (QED) is 0.800. The van der Waals surface area contributed by atoms with Gasteiger partial charge in [-0.1, -0.05) is 18.2 Å². The predicted octanol–water partition coefficient (Wildman–Crippen LogP) is 2.09. The summed E-state index contributed by atoms with van der Waals surface area (Å²) in [6.07, 6.45) is 0.853. The molecule has 0 aliphatic carbocycles. The average Bonchev–Trinajstić information content (AvgIpc) is 3.20. The number of fused-ring (bicyclic) bond motifs is 2. The van der Waals surface area contributed by atoms with Gasteiger partial charge < -0.3 is 10.1 Å². The van der Waals surface area contributed by atoms with E-state index in [1.165, 1.54) is 0 Å². The number of carbonyl (C=O) groups excluding carboxylic acids is 1. The minimum Gasteiger partial charge on any atom is -0.492 e. The Morgan fingerprint density at radius 2 is 2.09 bits per heavy atom. The first-order chi connectivity index (χ1) is 10.8. The van der Waals surface area contributed by atoms with E-state index in [2.05, 4.69) is 20.3 Å². The highest BCUT2D eigenvalue weighted by molar-refractivity contribution is 5.97. The number of hydrogen-bond donors (Lipinski definition) is 1. The smallest absolute Gasteiger partial charge is 0.255 e. The molecule has 0 saturated carbocycles. The lowest BCUT2D eigenvalue weighted by molar-refractivity contribution is 0.0947. The van der Waals surface area contributed by atoms with Crippen LogP contribution in [0.25, 0.3) is 11.0 Å². The summed E-state index contributed by atoms with van der Waals surface area (Å²) in [5.74, 6) is 0.563. The number of rotatable bonds is 3. The van der Waals surface area contributed by atoms with Crippen molar-refractivity contribution in [2.75, 3.05) is 6.61 Å². The Hall–Kier alpha value is -2.89. The second-order valence-electron chi connectivity index (χ2n) is 5.16. The van der Waals surface area contributed by atoms with E-state index in [1.807, 2.05) is 30.3 Å². The van der Waals surface area contributed by atoms with Gasteiger partial charge in [0.2, 0.25) is 0 Å². The van der Waals surface area contributed by atoms with Crippen LogP contribution in [0.1, 0.15) is 21.5 Å². The fourth-order valence-corrected chi connectivity index (χ4v) is 2.61. The van der Waals surface area contributed by atoms with E-state index in [1.54, 1.807) is 6.07 Å². The SMILES string of the molecule is O=C(NCc1ccc2nonc2c1)c1cccc2c1OCC2. The van der Waals surface area contributed by atoms with E-state index in [9.17, 15) is 4.79 Å². The van der Waals surface area contributed by atoms with E-state index in [-0.39, 0.29) is 5.91 Å². The summed E-state index contributed by atoms with van der Waals surface area (Å²) >= 11 is 0. The van der Waals surface area contributed by atoms with Crippen molar-refractivity contribution in [3.05, 3.63) is 53.1 Å². The molecule has 110 valence electrons. The molecule has 1 aromatic heterocycles. The number of nitrogens with zero attached hydrogens (tertiary/aromatic N) is 2. The van der Waals surface area contributed by atoms with E-state index in [0.29, 0.717) is 35.5 Å². The number of aromatic nitrogens is 2. The van der Waals surface area contributed by atoms with Gasteiger partial charge in [-0.25, -0.2) is 4.63 Å². The van der Waals surface area contributed by atoms with Crippen LogP contribution in [0.2, 0.25) is 0 Å². The third-order valence-electron chi connectivity index (χ3n) is 3.73. The molecule has 4 rings (SSSR count). The maximum atomic E-state index is 12.4. The highest BCUT2D eigenvalue weighted by Gasteiger charge is 2.20. The second kappa shape index (κ2) is 5.14. The number of ether oxygens (including phenoxy) is 1. The molecule has 2 heterocycles. The molecule has 0 atom stereocenters. The lowest BCUT2D eigenvalue weighted by Gasteiger charge is -2.09. The summed E-state index contributed by atoms with van der Waals surface area (Å²) in [6, 6.07) is 11.2. The molecule has 1 amide bonds. The molecule has 3 aromatic rings. The van der Waals surface area contributed by atoms with Crippen LogP contribution < -0.4 is 10.1 Å². The topological polar surface area (TPSA) is 77.3 Å². The summed E-state index contributed by atoms with van der Waals surface area (Å²) in [5.41, 5.74) is 3.98. The monoisotopic (exact) mass is 295 g/mol. The van der Waals surface area contributed by atoms with Crippen molar-refractivity contribution in [2.24, 2.45) is 0 Å². The predicted molar refractivity (Wildman–Crippen MR) is 78.6 cm³/mol. The molecule has 2 aromatic carbocycles. The minimum absolute atomic E-state index is 0.142. The first-order valence-corrected chi connectivity index (χ1v) is 7.05. The Labute approximate surface area is 126 Å². The summed E-state index contributed by atoms with van der Waals surface area (Å²) < 4.78 is 10.2. The molecule has 0 spiro atoms. The molecule has 6 nitrogen and oxygen atoms in total. The summed E-state index contributed by atoms with van der Waals surface area (Å²) in [7, 11) is 0. The third-order valence-corrected chi connectivity index (χ3v) is 3.73. The molecule has 0 bridgehead atoms. The van der Waals surface area contributed by atoms with Crippen molar-refractivity contribution in [3.63, 3.8) is 0 Å². The van der Waals surface area contributed by atoms with Crippen molar-refractivity contribution >= 4 is 16.9 Å². The van der Waals surface area contributed by atoms with Crippen molar-refractivity contribution in [1.29, 1.82) is 0 Å². The Morgan fingerprint density at radius 3 is 3.05 bits per heavy atom. The zero-order valence-electron chi connectivity index (χ0n) is 11.7. The van der Waals surface area contributed by atoms with Gasteiger partial charge in [0.05, 0.1) is 12.2 Å². The zero-order valence-corrected chi connectivity index (χ0v) is 11.7. The van der Waals surface area contributed by atoms with Crippen molar-refractivity contribution in [1.82, 2.24) is 15.6 Å². The minimum atomic E-state index is -0.142. The standard InChI is InChI=1S/C16H13N3O3/c20-16(12-3-1-2-11-6-7-21-15(11)12)17-9-10-4-5-13-14(8-10)19-22-18-13/h1-5,8H,6-7,9H2,(H,17,20). The molecule has 1 aliphatic rings. The summed E-state index contributed by atoms with van der Waals surface area (Å²) in [6.45, 7) is 1.04. The van der Waals surface area contributed by atoms with E-state index in [0.717, 1.165) is 17.5 Å². The van der Waals surface area contributed by atoms with Crippen LogP contribution in [-0.2, 0) is 13.0 Å². The maximum Gasteiger partial charge on any atom is 0.255 e. The van der Waals surface area contributed by atoms with Crippen LogP contribution in [0, 0.1) is 0 Å². The summed E-state index contributed by atoms with van der Waals surface area (Å²) in [4.78, 5) is 12.4. The van der Waals surface area contributed by atoms with Crippen LogP contribution in [0.3, 0.4) is 0 Å². The highest BCUT2D eigenvalue weighted by atomic mass is 16.6. The van der Waals surface area contributed by atoms with Gasteiger partial charge in [-0.15, -0.1) is 0 Å². The maximum absolute atomic E-state index is 12.4. The molecule has 0 radical (unpaired) electrons. The van der Waals surface area contributed by atoms with Crippen molar-refractivity contribution < 1.29 is 14.2 Å². The normalized spacial score (nSPS) is 12.9. The molecule has 0 saturated heterocycles. The summed E-state index contributed by atoms with van der Waals surface area (Å²) in [5, 5.41) is 10.4. The first kappa shape index (κ1) is 12.8. The molecule has 1 N–H and O–H groups in total. The molecule has 6 heteroatoms. The van der Waals surface area contributed by atoms with E-state index in [4.69, 9.17) is 4.74 Å². The fraction of sp³-hybridized carbons (Fsp3) is 0.188. The van der Waals surface area contributed by atoms with E-state index >= 15 is 0 Å². The van der Waals surface area contributed by atoms with Gasteiger partial charge in [0.15, 0.2) is 0 Å². The molecular weight excluding hydrogens is 282 g/mol. The molecular formula is C16H13N3O3. The highest BCUT2D eigenvalue weighted by Crippen LogP contribution is 2.29. The lowest BCUT2D eigenvalue weighted by atomic mass is 10.1. The Kier molecular flexibility index (Phi) is 3.00. The fourth-order valence-electron chi connectivity index (χ4n) is 2.61. The molecule has 0 unspecified atom stereocenters. The Balaban J connectivity index is 1.51. The van der Waals surface area contributed by atoms with Gasteiger partial charge in [0.25, 0.3) is 5.91 Å². The molecule has 22 heavy (non-hydrogen) atoms. The average molecular weight is 295 g/mol. The number of para-hydroxylation sites is 1. The number of amides is 1. The van der Waals surface area contributed by atoms with Crippen LogP contribution in [0.5, 0.6) is 5.75 Å². The van der Waals surface area contributed by atoms with Gasteiger partial charge in [-0.2, -0.15) is 0 Å². The Morgan fingerprint density at radius 1 is 1.18 bits per heavy atom. The van der Waals surface area contributed by atoms with Crippen molar-refractivity contribution in [3.8, 4) is 5.75 Å². The number of hydrogen-bond acceptors (Lipinski definition) is 5. The lowest BCUT2D eigenvalue weighted by Crippen LogP contribution is -2.23. The van der Waals surface area contributed by atoms with Gasteiger partial charge in [-0.3, -0.25) is 4.79 Å². The largest absolute Gasteiger partial charge is 0.492 e. The number of carbonyl (C=O) groups is 1. The third kappa shape index (κ3) is 2.18. The Bertz CT molecular complexity index is 857. The molecule has 1 aliphatic heterocycles. The van der Waals surface area contributed by atoms with Gasteiger partial charge in [0, 0.05) is 13.0 Å². The zero-order chi connectivity index (χ0) is 14.9. The van der Waals surface area contributed by atoms with Crippen LogP contribution >= 0.6 is 0 Å². The van der Waals surface area contributed by atoms with Crippen LogP contribution in [0.15, 0.2) is 41.0 Å². The second-order valence-corrected chi connectivity index (χ2v) is 5.16. The first-order valence-electron chi connectivity index (χ1n) is 7.05. The van der Waals surface area contributed by atoms with Crippen molar-refractivity contribution in [2.45, 2.75) is 13.0 Å². The van der Waals surface area contributed by atoms with Gasteiger partial charge in [0.1, 0.15) is 16.8 Å². The van der Waals surface area contributed by atoms with Gasteiger partial charge >= 0.3 is 0 Å². The number of benzene rings is 2. The van der Waals surface area contributed by atoms with Gasteiger partial charge in [-0.05, 0) is 39.6 Å². The number of nitrogens with one attached hydrogen (secondary N) is 1. The van der Waals surface area contributed by atoms with E-state index < -0.39 is 0 Å². The molecule has 0 fully saturated rings. The van der Waals surface area contributed by atoms with Crippen LogP contribution in [-0.4, -0.2) is 22.8 Å².